The van der Waals surface area contributed by atoms with Crippen LogP contribution in [0.4, 0.5) is 0 Å². The van der Waals surface area contributed by atoms with Crippen molar-refractivity contribution in [1.82, 2.24) is 4.98 Å². The third kappa shape index (κ3) is 2.05. The van der Waals surface area contributed by atoms with Crippen LogP contribution in [0.5, 0.6) is 0 Å². The molecule has 1 aliphatic rings. The van der Waals surface area contributed by atoms with E-state index >= 15 is 0 Å². The van der Waals surface area contributed by atoms with E-state index in [2.05, 4.69) is 4.98 Å². The standard InChI is InChI=1S/C17H19N/c1-12-7-8-16(13(2)9-12)17-10-14-5-3-4-6-15(14)11-18-17/h7-11H,3-6H2,1-2H3/i1D3,5D2,6D2. The van der Waals surface area contributed by atoms with Crippen LogP contribution in [0.3, 0.4) is 0 Å². The van der Waals surface area contributed by atoms with Crippen molar-refractivity contribution >= 4 is 0 Å². The molecule has 1 aromatic heterocycles. The molecule has 1 heteroatoms. The summed E-state index contributed by atoms with van der Waals surface area (Å²) in [5.41, 5.74) is 2.85. The fourth-order valence-corrected chi connectivity index (χ4v) is 2.24. The topological polar surface area (TPSA) is 12.9 Å². The van der Waals surface area contributed by atoms with Gasteiger partial charge in [-0.3, -0.25) is 4.98 Å². The number of rotatable bonds is 1. The maximum absolute atomic E-state index is 8.21. The first-order valence-corrected chi connectivity index (χ1v) is 6.04. The quantitative estimate of drug-likeness (QED) is 0.731. The van der Waals surface area contributed by atoms with Gasteiger partial charge in [0.25, 0.3) is 0 Å². The highest BCUT2D eigenvalue weighted by molar-refractivity contribution is 5.65. The first-order valence-electron chi connectivity index (χ1n) is 9.54. The minimum atomic E-state index is -2.18. The van der Waals surface area contributed by atoms with E-state index in [-0.39, 0.29) is 18.4 Å². The molecule has 1 heterocycles. The molecule has 18 heavy (non-hydrogen) atoms. The molecular weight excluding hydrogens is 218 g/mol. The second-order valence-corrected chi connectivity index (χ2v) is 4.50. The van der Waals surface area contributed by atoms with Crippen LogP contribution < -0.4 is 0 Å². The van der Waals surface area contributed by atoms with Crippen molar-refractivity contribution in [3.05, 3.63) is 52.7 Å². The van der Waals surface area contributed by atoms with Gasteiger partial charge in [-0.05, 0) is 62.1 Å². The van der Waals surface area contributed by atoms with Crippen LogP contribution in [0.1, 0.15) is 44.7 Å². The molecular formula is C17H19N. The molecule has 2 aromatic rings. The summed E-state index contributed by atoms with van der Waals surface area (Å²) in [6.45, 7) is -0.389. The molecule has 0 saturated heterocycles. The van der Waals surface area contributed by atoms with Gasteiger partial charge in [-0.2, -0.15) is 0 Å². The van der Waals surface area contributed by atoms with Gasteiger partial charge in [0.15, 0.2) is 0 Å². The Hall–Kier alpha value is -1.63. The third-order valence-electron chi connectivity index (χ3n) is 3.16. The molecule has 0 unspecified atom stereocenters. The molecule has 3 rings (SSSR count). The lowest BCUT2D eigenvalue weighted by Gasteiger charge is -2.16. The van der Waals surface area contributed by atoms with Crippen LogP contribution in [0, 0.1) is 13.8 Å². The second kappa shape index (κ2) is 4.56. The zero-order chi connectivity index (χ0) is 18.6. The molecule has 0 N–H and O–H groups in total. The average molecular weight is 244 g/mol. The summed E-state index contributed by atoms with van der Waals surface area (Å²) < 4.78 is 55.1. The van der Waals surface area contributed by atoms with Crippen LogP contribution in [-0.2, 0) is 12.7 Å². The van der Waals surface area contributed by atoms with Crippen molar-refractivity contribution in [2.75, 3.05) is 0 Å². The third-order valence-corrected chi connectivity index (χ3v) is 3.16. The van der Waals surface area contributed by atoms with Crippen molar-refractivity contribution in [2.24, 2.45) is 0 Å². The van der Waals surface area contributed by atoms with Gasteiger partial charge in [-0.15, -0.1) is 0 Å². The second-order valence-electron chi connectivity index (χ2n) is 4.50. The van der Waals surface area contributed by atoms with Gasteiger partial charge < -0.3 is 0 Å². The average Bonchev–Trinajstić information content (AvgIpc) is 2.51. The highest BCUT2D eigenvalue weighted by Crippen LogP contribution is 2.27. The van der Waals surface area contributed by atoms with Gasteiger partial charge in [-0.25, -0.2) is 0 Å². The number of aryl methyl sites for hydroxylation is 4. The van der Waals surface area contributed by atoms with Gasteiger partial charge in [-0.1, -0.05) is 23.8 Å². The Balaban J connectivity index is 2.12. The zero-order valence-corrected chi connectivity index (χ0v) is 10.2. The maximum Gasteiger partial charge on any atom is 0.0707 e. The van der Waals surface area contributed by atoms with Crippen molar-refractivity contribution < 1.29 is 9.60 Å². The van der Waals surface area contributed by atoms with Crippen molar-refractivity contribution in [3.8, 4) is 11.3 Å². The normalized spacial score (nSPS) is 26.4. The summed E-state index contributed by atoms with van der Waals surface area (Å²) in [6.07, 6.45) is -1.54. The summed E-state index contributed by atoms with van der Waals surface area (Å²) in [4.78, 5) is 4.33. The number of benzene rings is 1. The van der Waals surface area contributed by atoms with Crippen molar-refractivity contribution in [2.45, 2.75) is 39.4 Å². The highest BCUT2D eigenvalue weighted by atomic mass is 14.7. The highest BCUT2D eigenvalue weighted by Gasteiger charge is 2.12. The molecule has 0 spiro atoms. The predicted octanol–water partition coefficient (Wildman–Crippen LogP) is 4.24. The lowest BCUT2D eigenvalue weighted by atomic mass is 9.91. The molecule has 0 bridgehead atoms. The van der Waals surface area contributed by atoms with Crippen molar-refractivity contribution in [3.63, 3.8) is 0 Å². The summed E-state index contributed by atoms with van der Waals surface area (Å²) in [7, 11) is 0. The van der Waals surface area contributed by atoms with E-state index in [0.29, 0.717) is 16.8 Å². The summed E-state index contributed by atoms with van der Waals surface area (Å²) in [6, 6.07) is 6.41. The number of pyridine rings is 1. The fraction of sp³-hybridized carbons (Fsp3) is 0.353. The molecule has 0 atom stereocenters. The van der Waals surface area contributed by atoms with Gasteiger partial charge in [0.05, 0.1) is 5.69 Å². The Morgan fingerprint density at radius 1 is 1.17 bits per heavy atom. The van der Waals surface area contributed by atoms with E-state index in [1.165, 1.54) is 12.3 Å². The van der Waals surface area contributed by atoms with E-state index < -0.39 is 19.6 Å². The smallest absolute Gasteiger partial charge is 0.0707 e. The van der Waals surface area contributed by atoms with Crippen LogP contribution in [0.15, 0.2) is 30.5 Å². The molecule has 0 radical (unpaired) electrons. The van der Waals surface area contributed by atoms with Crippen LogP contribution in [-0.4, -0.2) is 4.98 Å². The Labute approximate surface area is 119 Å². The molecule has 1 aromatic carbocycles. The molecule has 92 valence electrons. The van der Waals surface area contributed by atoms with E-state index in [1.807, 2.05) is 0 Å². The molecule has 0 saturated carbocycles. The first kappa shape index (κ1) is 6.01. The molecule has 0 amide bonds. The Kier molecular flexibility index (Phi) is 1.52. The van der Waals surface area contributed by atoms with Crippen LogP contribution in [0.25, 0.3) is 11.3 Å². The first-order chi connectivity index (χ1) is 11.4. The lowest BCUT2D eigenvalue weighted by Crippen LogP contribution is -2.04. The van der Waals surface area contributed by atoms with Gasteiger partial charge in [0.2, 0.25) is 0 Å². The molecule has 0 aliphatic heterocycles. The number of aromatic nitrogens is 1. The number of hydrogen-bond acceptors (Lipinski definition) is 1. The molecule has 0 fully saturated rings. The van der Waals surface area contributed by atoms with Gasteiger partial charge in [0.1, 0.15) is 0 Å². The summed E-state index contributed by atoms with van der Waals surface area (Å²) in [5, 5.41) is 0. The summed E-state index contributed by atoms with van der Waals surface area (Å²) >= 11 is 0. The minimum absolute atomic E-state index is 0.118. The van der Waals surface area contributed by atoms with Gasteiger partial charge >= 0.3 is 0 Å². The van der Waals surface area contributed by atoms with E-state index in [9.17, 15) is 0 Å². The Morgan fingerprint density at radius 2 is 2.00 bits per heavy atom. The number of hydrogen-bond donors (Lipinski definition) is 0. The Bertz CT molecular complexity index is 824. The monoisotopic (exact) mass is 244 g/mol. The SMILES string of the molecule is [2H]C([2H])([2H])c1ccc(-c2cc3c(cn2)C([2H])([2H])CCC3([2H])[2H])c(C)c1. The largest absolute Gasteiger partial charge is 0.256 e. The molecule has 1 aliphatic carbocycles. The zero-order valence-electron chi connectivity index (χ0n) is 17.2. The fourth-order valence-electron chi connectivity index (χ4n) is 2.24. The van der Waals surface area contributed by atoms with E-state index in [1.54, 1.807) is 25.1 Å². The number of fused-ring (bicyclic) bond motifs is 1. The van der Waals surface area contributed by atoms with E-state index in [4.69, 9.17) is 9.60 Å². The minimum Gasteiger partial charge on any atom is -0.256 e. The van der Waals surface area contributed by atoms with Crippen molar-refractivity contribution in [1.29, 1.82) is 0 Å². The Morgan fingerprint density at radius 3 is 2.78 bits per heavy atom. The predicted molar refractivity (Wildman–Crippen MR) is 75.8 cm³/mol. The summed E-state index contributed by atoms with van der Waals surface area (Å²) in [5.74, 6) is 0. The van der Waals surface area contributed by atoms with Crippen LogP contribution in [0.2, 0.25) is 0 Å². The number of nitrogens with zero attached hydrogens (tertiary/aromatic N) is 1. The van der Waals surface area contributed by atoms with E-state index in [0.717, 1.165) is 11.1 Å². The van der Waals surface area contributed by atoms with Crippen LogP contribution >= 0.6 is 0 Å². The molecule has 1 nitrogen and oxygen atoms in total. The maximum atomic E-state index is 8.21. The van der Waals surface area contributed by atoms with Gasteiger partial charge in [0, 0.05) is 21.4 Å². The lowest BCUT2D eigenvalue weighted by molar-refractivity contribution is 0.682.